The third kappa shape index (κ3) is 4.73. The minimum atomic E-state index is 0. The van der Waals surface area contributed by atoms with Crippen LogP contribution in [0.3, 0.4) is 0 Å². The fraction of sp³-hybridized carbons (Fsp3) is 1.00. The van der Waals surface area contributed by atoms with Crippen LogP contribution >= 0.6 is 0 Å². The van der Waals surface area contributed by atoms with Gasteiger partial charge in [-0.15, -0.1) is 0 Å². The van der Waals surface area contributed by atoms with Crippen LogP contribution < -0.4 is 5.73 Å². The molecule has 0 saturated heterocycles. The lowest BCUT2D eigenvalue weighted by atomic mass is 9.56. The van der Waals surface area contributed by atoms with Crippen LogP contribution in [-0.4, -0.2) is 11.0 Å². The van der Waals surface area contributed by atoms with Crippen LogP contribution in [0.4, 0.5) is 0 Å². The Kier molecular flexibility index (Phi) is 9.74. The van der Waals surface area contributed by atoms with Crippen LogP contribution in [0.5, 0.6) is 0 Å². The molecule has 2 heteroatoms. The van der Waals surface area contributed by atoms with Crippen LogP contribution in [0.1, 0.15) is 104 Å². The van der Waals surface area contributed by atoms with Gasteiger partial charge in [-0.05, 0) is 37.5 Å². The monoisotopic (exact) mass is 285 g/mol. The molecule has 0 aromatic carbocycles. The number of rotatable bonds is 9. The summed E-state index contributed by atoms with van der Waals surface area (Å²) < 4.78 is 0. The molecule has 0 radical (unpaired) electrons. The molecule has 122 valence electrons. The molecular weight excluding hydrogens is 246 g/mol. The van der Waals surface area contributed by atoms with E-state index < -0.39 is 0 Å². The van der Waals surface area contributed by atoms with E-state index in [-0.39, 0.29) is 11.0 Å². The molecule has 1 fully saturated rings. The lowest BCUT2D eigenvalue weighted by Crippen LogP contribution is -2.57. The van der Waals surface area contributed by atoms with Crippen molar-refractivity contribution in [2.24, 2.45) is 11.1 Å². The molecule has 1 rings (SSSR count). The zero-order valence-corrected chi connectivity index (χ0v) is 14.3. The predicted molar refractivity (Wildman–Crippen MR) is 90.0 cm³/mol. The molecule has 0 spiro atoms. The van der Waals surface area contributed by atoms with E-state index in [2.05, 4.69) is 20.8 Å². The molecule has 1 unspecified atom stereocenters. The number of hydrogen-bond acceptors (Lipinski definition) is 1. The molecule has 0 heterocycles. The summed E-state index contributed by atoms with van der Waals surface area (Å²) in [5.41, 5.74) is 7.62. The van der Waals surface area contributed by atoms with Gasteiger partial charge in [-0.25, -0.2) is 0 Å². The zero-order valence-electron chi connectivity index (χ0n) is 14.3. The largest absolute Gasteiger partial charge is 0.412 e. The van der Waals surface area contributed by atoms with E-state index in [0.717, 1.165) is 0 Å². The number of unbranched alkanes of at least 4 members (excludes halogenated alkanes) is 3. The van der Waals surface area contributed by atoms with Crippen molar-refractivity contribution in [3.8, 4) is 0 Å². The molecule has 0 aliphatic heterocycles. The topological polar surface area (TPSA) is 57.5 Å². The minimum Gasteiger partial charge on any atom is -0.412 e. The Hall–Kier alpha value is -0.0800. The third-order valence-electron chi connectivity index (χ3n) is 5.58. The van der Waals surface area contributed by atoms with Crippen LogP contribution in [0, 0.1) is 5.41 Å². The molecule has 1 atom stereocenters. The first-order valence-electron chi connectivity index (χ1n) is 8.93. The first kappa shape index (κ1) is 19.9. The van der Waals surface area contributed by atoms with E-state index in [9.17, 15) is 0 Å². The van der Waals surface area contributed by atoms with Crippen molar-refractivity contribution in [3.05, 3.63) is 0 Å². The maximum absolute atomic E-state index is 7.01. The second kappa shape index (κ2) is 9.78. The van der Waals surface area contributed by atoms with Gasteiger partial charge in [0.25, 0.3) is 0 Å². The standard InChI is InChI=1S/C18H37N.H2O/c1-4-7-12-17(13-8-5-2)14-10-11-16-18(17,19)15-9-6-3;/h4-16,19H2,1-3H3;1H2. The Morgan fingerprint density at radius 3 is 1.70 bits per heavy atom. The highest BCUT2D eigenvalue weighted by atomic mass is 16.0. The zero-order chi connectivity index (χ0) is 14.2. The van der Waals surface area contributed by atoms with Crippen molar-refractivity contribution >= 4 is 0 Å². The second-order valence-corrected chi connectivity index (χ2v) is 6.95. The van der Waals surface area contributed by atoms with E-state index in [0.29, 0.717) is 5.41 Å². The summed E-state index contributed by atoms with van der Waals surface area (Å²) in [6.45, 7) is 6.94. The summed E-state index contributed by atoms with van der Waals surface area (Å²) in [7, 11) is 0. The van der Waals surface area contributed by atoms with Gasteiger partial charge in [-0.2, -0.15) is 0 Å². The summed E-state index contributed by atoms with van der Waals surface area (Å²) in [6, 6.07) is 0. The Balaban J connectivity index is 0.00000361. The highest BCUT2D eigenvalue weighted by molar-refractivity contribution is 5.04. The van der Waals surface area contributed by atoms with E-state index in [1.165, 1.54) is 83.5 Å². The highest BCUT2D eigenvalue weighted by Gasteiger charge is 2.48. The Bertz CT molecular complexity index is 234. The average molecular weight is 286 g/mol. The van der Waals surface area contributed by atoms with E-state index in [1.807, 2.05) is 0 Å². The van der Waals surface area contributed by atoms with E-state index in [1.54, 1.807) is 0 Å². The van der Waals surface area contributed by atoms with Gasteiger partial charge in [0, 0.05) is 5.54 Å². The summed E-state index contributed by atoms with van der Waals surface area (Å²) in [5.74, 6) is 0. The Morgan fingerprint density at radius 1 is 0.750 bits per heavy atom. The summed E-state index contributed by atoms with van der Waals surface area (Å²) >= 11 is 0. The number of nitrogens with two attached hydrogens (primary N) is 1. The first-order chi connectivity index (χ1) is 9.14. The molecule has 2 nitrogen and oxygen atoms in total. The van der Waals surface area contributed by atoms with Gasteiger partial charge >= 0.3 is 0 Å². The molecule has 1 saturated carbocycles. The molecule has 0 amide bonds. The van der Waals surface area contributed by atoms with Crippen LogP contribution in [-0.2, 0) is 0 Å². The van der Waals surface area contributed by atoms with Crippen LogP contribution in [0.2, 0.25) is 0 Å². The van der Waals surface area contributed by atoms with Gasteiger partial charge in [0.05, 0.1) is 0 Å². The van der Waals surface area contributed by atoms with Gasteiger partial charge in [0.15, 0.2) is 0 Å². The van der Waals surface area contributed by atoms with Crippen molar-refractivity contribution in [3.63, 3.8) is 0 Å². The van der Waals surface area contributed by atoms with Crippen molar-refractivity contribution in [1.82, 2.24) is 0 Å². The van der Waals surface area contributed by atoms with Gasteiger partial charge < -0.3 is 11.2 Å². The maximum atomic E-state index is 7.01. The minimum absolute atomic E-state index is 0. The highest BCUT2D eigenvalue weighted by Crippen LogP contribution is 2.51. The Morgan fingerprint density at radius 2 is 1.20 bits per heavy atom. The lowest BCUT2D eigenvalue weighted by molar-refractivity contribution is 0.0287. The molecule has 0 aromatic heterocycles. The van der Waals surface area contributed by atoms with Gasteiger partial charge in [-0.3, -0.25) is 0 Å². The van der Waals surface area contributed by atoms with Crippen molar-refractivity contribution < 1.29 is 5.48 Å². The fourth-order valence-electron chi connectivity index (χ4n) is 4.20. The second-order valence-electron chi connectivity index (χ2n) is 6.95. The maximum Gasteiger partial charge on any atom is 0.0211 e. The van der Waals surface area contributed by atoms with E-state index in [4.69, 9.17) is 5.73 Å². The normalized spacial score (nSPS) is 25.2. The third-order valence-corrected chi connectivity index (χ3v) is 5.58. The molecular formula is C18H39NO. The molecule has 0 bridgehead atoms. The van der Waals surface area contributed by atoms with Gasteiger partial charge in [0.1, 0.15) is 0 Å². The SMILES string of the molecule is CCCCC1(N)CCCCC1(CCCC)CCCC.O. The van der Waals surface area contributed by atoms with Crippen LogP contribution in [0.15, 0.2) is 0 Å². The quantitative estimate of drug-likeness (QED) is 0.637. The summed E-state index contributed by atoms with van der Waals surface area (Å²) in [4.78, 5) is 0. The van der Waals surface area contributed by atoms with Crippen LogP contribution in [0.25, 0.3) is 0 Å². The molecule has 1 aliphatic rings. The number of hydrogen-bond donors (Lipinski definition) is 1. The molecule has 0 aromatic rings. The molecule has 20 heavy (non-hydrogen) atoms. The Labute approximate surface area is 127 Å². The average Bonchev–Trinajstić information content (AvgIpc) is 2.43. The van der Waals surface area contributed by atoms with Crippen molar-refractivity contribution in [2.75, 3.05) is 0 Å². The predicted octanol–water partition coefficient (Wildman–Crippen LogP) is 4.99. The van der Waals surface area contributed by atoms with Crippen molar-refractivity contribution in [2.45, 2.75) is 110 Å². The smallest absolute Gasteiger partial charge is 0.0211 e. The van der Waals surface area contributed by atoms with Gasteiger partial charge in [0.2, 0.25) is 0 Å². The molecule has 4 N–H and O–H groups in total. The van der Waals surface area contributed by atoms with Gasteiger partial charge in [-0.1, -0.05) is 72.1 Å². The fourth-order valence-corrected chi connectivity index (χ4v) is 4.20. The summed E-state index contributed by atoms with van der Waals surface area (Å²) in [6.07, 6.45) is 17.4. The van der Waals surface area contributed by atoms with Crippen molar-refractivity contribution in [1.29, 1.82) is 0 Å². The molecule has 1 aliphatic carbocycles. The first-order valence-corrected chi connectivity index (χ1v) is 8.93. The summed E-state index contributed by atoms with van der Waals surface area (Å²) in [5, 5.41) is 0. The lowest BCUT2D eigenvalue weighted by Gasteiger charge is -2.53. The van der Waals surface area contributed by atoms with E-state index >= 15 is 0 Å².